The normalized spacial score (nSPS) is 54.4. The van der Waals surface area contributed by atoms with Gasteiger partial charge < -0.3 is 50.0 Å². The first kappa shape index (κ1) is 35.8. The van der Waals surface area contributed by atoms with E-state index in [0.717, 1.165) is 5.57 Å². The summed E-state index contributed by atoms with van der Waals surface area (Å²) >= 11 is 0. The second-order valence-corrected chi connectivity index (χ2v) is 17.9. The largest absolute Gasteiger partial charge is 0.394 e. The summed E-state index contributed by atoms with van der Waals surface area (Å²) < 4.78 is 18.5. The van der Waals surface area contributed by atoms with Gasteiger partial charge in [0.15, 0.2) is 6.29 Å². The van der Waals surface area contributed by atoms with Gasteiger partial charge in [-0.1, -0.05) is 46.3 Å². The van der Waals surface area contributed by atoms with Crippen molar-refractivity contribution in [3.8, 4) is 0 Å². The minimum Gasteiger partial charge on any atom is -0.394 e. The van der Waals surface area contributed by atoms with E-state index in [1.54, 1.807) is 13.8 Å². The van der Waals surface area contributed by atoms with Gasteiger partial charge in [0, 0.05) is 23.2 Å². The maximum absolute atomic E-state index is 14.8. The monoisotopic (exact) mass is 666 g/mol. The Kier molecular flexibility index (Phi) is 8.58. The third kappa shape index (κ3) is 4.93. The second kappa shape index (κ2) is 11.3. The second-order valence-electron chi connectivity index (χ2n) is 17.9. The molecule has 6 aliphatic rings. The number of Topliss-reactive ketones (excluding diaryl/α,β-unsaturated/α-hetero) is 1. The number of hydrogen-bond acceptors (Lipinski definition) is 11. The molecule has 0 bridgehead atoms. The Morgan fingerprint density at radius 3 is 2.23 bits per heavy atom. The minimum absolute atomic E-state index is 0.108. The quantitative estimate of drug-likeness (QED) is 0.211. The van der Waals surface area contributed by atoms with E-state index in [-0.39, 0.29) is 42.5 Å². The predicted octanol–water partition coefficient (Wildman–Crippen LogP) is 1.61. The van der Waals surface area contributed by atoms with Gasteiger partial charge in [0.05, 0.1) is 42.2 Å². The third-order valence-corrected chi connectivity index (χ3v) is 14.5. The van der Waals surface area contributed by atoms with Crippen LogP contribution in [0.5, 0.6) is 0 Å². The summed E-state index contributed by atoms with van der Waals surface area (Å²) in [7, 11) is 0. The number of aliphatic hydroxyl groups excluding tert-OH is 6. The molecule has 0 aromatic carbocycles. The lowest BCUT2D eigenvalue weighted by molar-refractivity contribution is -0.323. The zero-order chi connectivity index (χ0) is 34.9. The molecular weight excluding hydrogens is 608 g/mol. The predicted molar refractivity (Wildman–Crippen MR) is 170 cm³/mol. The van der Waals surface area contributed by atoms with Crippen LogP contribution in [0.2, 0.25) is 0 Å². The molecule has 3 saturated carbocycles. The molecular formula is C36H58O11. The summed E-state index contributed by atoms with van der Waals surface area (Å²) in [6.45, 7) is 15.2. The van der Waals surface area contributed by atoms with Gasteiger partial charge in [0.2, 0.25) is 0 Å². The number of allylic oxidation sites excluding steroid dienone is 1. The molecule has 7 N–H and O–H groups in total. The van der Waals surface area contributed by atoms with E-state index in [2.05, 4.69) is 19.9 Å². The van der Waals surface area contributed by atoms with E-state index >= 15 is 0 Å². The first-order valence-electron chi connectivity index (χ1n) is 17.5. The first-order valence-corrected chi connectivity index (χ1v) is 17.5. The summed E-state index contributed by atoms with van der Waals surface area (Å²) in [5.41, 5.74) is -3.38. The molecule has 268 valence electrons. The molecule has 2 aliphatic heterocycles. The van der Waals surface area contributed by atoms with Crippen LogP contribution >= 0.6 is 0 Å². The zero-order valence-electron chi connectivity index (χ0n) is 29.2. The molecule has 1 unspecified atom stereocenters. The Bertz CT molecular complexity index is 1280. The Balaban J connectivity index is 1.34. The molecule has 16 atom stereocenters. The first-order chi connectivity index (χ1) is 21.6. The molecule has 2 saturated heterocycles. The fourth-order valence-electron chi connectivity index (χ4n) is 11.7. The van der Waals surface area contributed by atoms with Gasteiger partial charge in [-0.2, -0.15) is 0 Å². The van der Waals surface area contributed by atoms with Crippen LogP contribution in [-0.2, 0) is 19.0 Å². The molecule has 47 heavy (non-hydrogen) atoms. The molecule has 6 rings (SSSR count). The van der Waals surface area contributed by atoms with Crippen molar-refractivity contribution in [3.05, 3.63) is 11.6 Å². The summed E-state index contributed by atoms with van der Waals surface area (Å²) in [5.74, 6) is -0.629. The summed E-state index contributed by atoms with van der Waals surface area (Å²) in [4.78, 5) is 14.8. The number of rotatable bonds is 5. The summed E-state index contributed by atoms with van der Waals surface area (Å²) in [6.07, 6.45) is -5.09. The van der Waals surface area contributed by atoms with Crippen molar-refractivity contribution in [1.29, 1.82) is 0 Å². The molecule has 0 aromatic heterocycles. The van der Waals surface area contributed by atoms with E-state index in [4.69, 9.17) is 14.2 Å². The van der Waals surface area contributed by atoms with Crippen LogP contribution in [0.15, 0.2) is 11.6 Å². The minimum atomic E-state index is -1.62. The fraction of sp³-hybridized carbons (Fsp3) is 0.917. The highest BCUT2D eigenvalue weighted by Crippen LogP contribution is 2.75. The number of carbonyl (C=O) groups excluding carboxylic acids is 1. The maximum atomic E-state index is 14.8. The van der Waals surface area contributed by atoms with E-state index in [1.807, 2.05) is 27.7 Å². The summed E-state index contributed by atoms with van der Waals surface area (Å²) in [6, 6.07) is 0. The number of fused-ring (bicyclic) bond motifs is 5. The number of ether oxygens (including phenoxy) is 3. The van der Waals surface area contributed by atoms with Crippen LogP contribution in [-0.4, -0.2) is 114 Å². The lowest BCUT2D eigenvalue weighted by Gasteiger charge is -2.65. The van der Waals surface area contributed by atoms with Crippen molar-refractivity contribution in [2.75, 3.05) is 6.61 Å². The van der Waals surface area contributed by atoms with Crippen molar-refractivity contribution >= 4 is 5.78 Å². The smallest absolute Gasteiger partial charge is 0.187 e. The maximum Gasteiger partial charge on any atom is 0.187 e. The Morgan fingerprint density at radius 2 is 1.64 bits per heavy atom. The number of hydrogen-bond donors (Lipinski definition) is 7. The molecule has 0 amide bonds. The lowest BCUT2D eigenvalue weighted by atomic mass is 9.38. The van der Waals surface area contributed by atoms with Gasteiger partial charge in [-0.05, 0) is 75.5 Å². The van der Waals surface area contributed by atoms with Crippen LogP contribution in [0.1, 0.15) is 93.9 Å². The van der Waals surface area contributed by atoms with Crippen molar-refractivity contribution < 1.29 is 54.8 Å². The van der Waals surface area contributed by atoms with Crippen LogP contribution in [0.3, 0.4) is 0 Å². The molecule has 5 fully saturated rings. The van der Waals surface area contributed by atoms with Crippen molar-refractivity contribution in [2.24, 2.45) is 39.4 Å². The van der Waals surface area contributed by atoms with Crippen LogP contribution in [0.25, 0.3) is 0 Å². The number of carbonyl (C=O) groups is 1. The highest BCUT2D eigenvalue weighted by Gasteiger charge is 2.75. The van der Waals surface area contributed by atoms with Crippen LogP contribution < -0.4 is 0 Å². The van der Waals surface area contributed by atoms with Crippen molar-refractivity contribution in [3.63, 3.8) is 0 Å². The van der Waals surface area contributed by atoms with Gasteiger partial charge in [0.25, 0.3) is 0 Å². The van der Waals surface area contributed by atoms with Crippen LogP contribution in [0, 0.1) is 39.4 Å². The molecule has 0 spiro atoms. The SMILES string of the molecule is CC(C)(O)C1CC[C@](C)([C@H]2[C@H](O)C[C@@]3(C)[C@@H]4CC=C5[C@@H](C[C@H](O[C@@H]6O[C@H](CO)[C@@H](O)[C@H](O)[C@H]6O)[C@H](O)C5(C)C)[C@]4(C)C(=O)C[C@]23C)O1. The van der Waals surface area contributed by atoms with Crippen molar-refractivity contribution in [1.82, 2.24) is 0 Å². The van der Waals surface area contributed by atoms with Gasteiger partial charge in [0.1, 0.15) is 30.2 Å². The standard InChI is InChI=1S/C36H58O11/c1-31(2)17-9-10-22-33(5)14-19(38)28(35(7)12-11-24(47-35)32(3,4)44)34(33,6)15-23(39)36(22,8)18(17)13-20(29(31)43)45-30-27(42)26(41)25(40)21(16-37)46-30/h9,18-22,24-30,37-38,40-44H,10-16H2,1-8H3/t18-,19-,20+,21-,22+,24?,25-,26+,27-,28+,29+,30-,33+,34-,35-,36+/m1/s1. The van der Waals surface area contributed by atoms with E-state index in [1.165, 1.54) is 0 Å². The highest BCUT2D eigenvalue weighted by molar-refractivity contribution is 5.88. The van der Waals surface area contributed by atoms with Gasteiger partial charge in [-0.3, -0.25) is 4.79 Å². The molecule has 0 aromatic rings. The average Bonchev–Trinajstić information content (AvgIpc) is 3.47. The molecule has 2 heterocycles. The Hall–Kier alpha value is -0.990. The van der Waals surface area contributed by atoms with E-state index < -0.39 is 88.5 Å². The van der Waals surface area contributed by atoms with Crippen molar-refractivity contribution in [2.45, 2.75) is 160 Å². The lowest BCUT2D eigenvalue weighted by Crippen LogP contribution is -2.66. The topological polar surface area (TPSA) is 186 Å². The Morgan fingerprint density at radius 1 is 0.979 bits per heavy atom. The Labute approximate surface area is 278 Å². The molecule has 4 aliphatic carbocycles. The highest BCUT2D eigenvalue weighted by atomic mass is 16.7. The number of aliphatic hydroxyl groups is 7. The molecule has 11 heteroatoms. The van der Waals surface area contributed by atoms with Gasteiger partial charge in [-0.15, -0.1) is 0 Å². The average molecular weight is 667 g/mol. The molecule has 11 nitrogen and oxygen atoms in total. The van der Waals surface area contributed by atoms with E-state index in [0.29, 0.717) is 25.7 Å². The third-order valence-electron chi connectivity index (χ3n) is 14.5. The fourth-order valence-corrected chi connectivity index (χ4v) is 11.7. The number of ketones is 1. The van der Waals surface area contributed by atoms with Gasteiger partial charge in [-0.25, -0.2) is 0 Å². The van der Waals surface area contributed by atoms with Crippen LogP contribution in [0.4, 0.5) is 0 Å². The molecule has 0 radical (unpaired) electrons. The van der Waals surface area contributed by atoms with E-state index in [9.17, 15) is 40.5 Å². The zero-order valence-corrected chi connectivity index (χ0v) is 29.2. The summed E-state index contributed by atoms with van der Waals surface area (Å²) in [5, 5.41) is 75.4. The van der Waals surface area contributed by atoms with Gasteiger partial charge >= 0.3 is 0 Å².